The fourth-order valence-corrected chi connectivity index (χ4v) is 3.03. The van der Waals surface area contributed by atoms with E-state index in [1.54, 1.807) is 12.1 Å². The zero-order valence-corrected chi connectivity index (χ0v) is 18.5. The van der Waals surface area contributed by atoms with Crippen LogP contribution in [0.25, 0.3) is 11.5 Å². The third-order valence-corrected chi connectivity index (χ3v) is 4.49. The Bertz CT molecular complexity index is 1230. The lowest BCUT2D eigenvalue weighted by molar-refractivity contribution is -0.275. The fraction of sp³-hybridized carbons (Fsp3) is 0.273. The van der Waals surface area contributed by atoms with Gasteiger partial charge < -0.3 is 24.5 Å². The molecule has 0 aliphatic heterocycles. The van der Waals surface area contributed by atoms with Crippen LogP contribution in [-0.2, 0) is 4.74 Å². The van der Waals surface area contributed by atoms with Crippen LogP contribution in [0, 0.1) is 5.82 Å². The van der Waals surface area contributed by atoms with Gasteiger partial charge in [-0.1, -0.05) is 6.07 Å². The van der Waals surface area contributed by atoms with E-state index in [1.165, 1.54) is 13.3 Å². The number of ether oxygens (including phenoxy) is 3. The molecule has 1 atom stereocenters. The van der Waals surface area contributed by atoms with Crippen molar-refractivity contribution >= 4 is 5.91 Å². The Morgan fingerprint density at radius 3 is 2.57 bits per heavy atom. The van der Waals surface area contributed by atoms with Crippen molar-refractivity contribution in [2.24, 2.45) is 0 Å². The molecule has 1 aromatic carbocycles. The molecular weight excluding hydrogens is 476 g/mol. The molecule has 0 bridgehead atoms. The van der Waals surface area contributed by atoms with E-state index in [4.69, 9.17) is 9.47 Å². The SMILES string of the molecule is CCOc1ccc(-c2nc(C(=O)N[C@H](COC)c3ccc(OC(F)(F)F)c(F)c3)cc(=O)[nH]2)nc1. The number of carbonyl (C=O) groups is 1. The highest BCUT2D eigenvalue weighted by atomic mass is 19.4. The Morgan fingerprint density at radius 2 is 1.97 bits per heavy atom. The molecule has 0 aliphatic rings. The van der Waals surface area contributed by atoms with Gasteiger partial charge in [0, 0.05) is 13.2 Å². The molecule has 0 saturated carbocycles. The number of pyridine rings is 1. The maximum Gasteiger partial charge on any atom is 0.573 e. The minimum absolute atomic E-state index is 0.0219. The van der Waals surface area contributed by atoms with Gasteiger partial charge in [-0.2, -0.15) is 0 Å². The van der Waals surface area contributed by atoms with E-state index in [-0.39, 0.29) is 29.4 Å². The molecule has 0 aliphatic carbocycles. The van der Waals surface area contributed by atoms with Crippen molar-refractivity contribution in [1.82, 2.24) is 20.3 Å². The number of nitrogens with zero attached hydrogens (tertiary/aromatic N) is 2. The number of hydrogen-bond acceptors (Lipinski definition) is 7. The number of amides is 1. The van der Waals surface area contributed by atoms with Crippen molar-refractivity contribution in [3.8, 4) is 23.0 Å². The average molecular weight is 496 g/mol. The summed E-state index contributed by atoms with van der Waals surface area (Å²) in [6.45, 7) is 2.10. The summed E-state index contributed by atoms with van der Waals surface area (Å²) in [7, 11) is 1.32. The van der Waals surface area contributed by atoms with Crippen LogP contribution in [0.2, 0.25) is 0 Å². The lowest BCUT2D eigenvalue weighted by Crippen LogP contribution is -2.33. The third kappa shape index (κ3) is 6.99. The Morgan fingerprint density at radius 1 is 1.20 bits per heavy atom. The first-order valence-electron chi connectivity index (χ1n) is 10.1. The van der Waals surface area contributed by atoms with Crippen molar-refractivity contribution in [3.63, 3.8) is 0 Å². The number of hydrogen-bond donors (Lipinski definition) is 2. The van der Waals surface area contributed by atoms with Crippen molar-refractivity contribution in [1.29, 1.82) is 0 Å². The molecule has 186 valence electrons. The van der Waals surface area contributed by atoms with E-state index in [0.717, 1.165) is 24.3 Å². The Labute approximate surface area is 196 Å². The first-order valence-corrected chi connectivity index (χ1v) is 10.1. The molecule has 35 heavy (non-hydrogen) atoms. The smallest absolute Gasteiger partial charge is 0.492 e. The maximum absolute atomic E-state index is 14.2. The van der Waals surface area contributed by atoms with Crippen LogP contribution in [0.5, 0.6) is 11.5 Å². The third-order valence-electron chi connectivity index (χ3n) is 4.49. The predicted octanol–water partition coefficient (Wildman–Crippen LogP) is 3.39. The van der Waals surface area contributed by atoms with E-state index >= 15 is 0 Å². The number of methoxy groups -OCH3 is 1. The number of H-pyrrole nitrogens is 1. The topological polar surface area (TPSA) is 115 Å². The second kappa shape index (κ2) is 11.0. The van der Waals surface area contributed by atoms with Gasteiger partial charge in [0.05, 0.1) is 25.5 Å². The standard InChI is InChI=1S/C22H20F4N4O5/c1-3-34-13-5-6-15(27-10-13)20-28-16(9-19(31)30-20)21(32)29-17(11-33-2)12-4-7-18(14(23)8-12)35-22(24,25)26/h4-10,17H,3,11H2,1-2H3,(H,29,32)(H,28,30,31)/t17-/m1/s1. The Kier molecular flexibility index (Phi) is 8.02. The van der Waals surface area contributed by atoms with Gasteiger partial charge in [0.25, 0.3) is 11.5 Å². The molecule has 0 unspecified atom stereocenters. The van der Waals surface area contributed by atoms with Crippen molar-refractivity contribution in [3.05, 3.63) is 70.0 Å². The van der Waals surface area contributed by atoms with Gasteiger partial charge in [0.1, 0.15) is 17.1 Å². The molecule has 0 fully saturated rings. The number of alkyl halides is 3. The summed E-state index contributed by atoms with van der Waals surface area (Å²) in [6, 6.07) is 5.86. The van der Waals surface area contributed by atoms with Gasteiger partial charge in [0.2, 0.25) is 0 Å². The average Bonchev–Trinajstić information content (AvgIpc) is 2.79. The van der Waals surface area contributed by atoms with E-state index in [0.29, 0.717) is 12.4 Å². The summed E-state index contributed by atoms with van der Waals surface area (Å²) < 4.78 is 65.3. The molecule has 0 spiro atoms. The summed E-state index contributed by atoms with van der Waals surface area (Å²) >= 11 is 0. The van der Waals surface area contributed by atoms with Gasteiger partial charge in [-0.3, -0.25) is 9.59 Å². The number of rotatable bonds is 9. The number of nitrogens with one attached hydrogen (secondary N) is 2. The molecule has 0 radical (unpaired) electrons. The highest BCUT2D eigenvalue weighted by molar-refractivity contribution is 5.92. The molecule has 0 saturated heterocycles. The summed E-state index contributed by atoms with van der Waals surface area (Å²) in [5.74, 6) is -2.58. The zero-order chi connectivity index (χ0) is 25.6. The minimum atomic E-state index is -5.07. The fourth-order valence-electron chi connectivity index (χ4n) is 3.03. The molecule has 9 nitrogen and oxygen atoms in total. The summed E-state index contributed by atoms with van der Waals surface area (Å²) in [5, 5.41) is 2.53. The van der Waals surface area contributed by atoms with Crippen molar-refractivity contribution in [2.45, 2.75) is 19.3 Å². The largest absolute Gasteiger partial charge is 0.573 e. The van der Waals surface area contributed by atoms with Crippen LogP contribution in [0.15, 0.2) is 47.4 Å². The lowest BCUT2D eigenvalue weighted by atomic mass is 10.1. The molecule has 1 amide bonds. The van der Waals surface area contributed by atoms with Crippen molar-refractivity contribution in [2.75, 3.05) is 20.3 Å². The monoisotopic (exact) mass is 496 g/mol. The van der Waals surface area contributed by atoms with Crippen LogP contribution in [0.3, 0.4) is 0 Å². The molecule has 13 heteroatoms. The van der Waals surface area contributed by atoms with E-state index in [2.05, 4.69) is 25.0 Å². The van der Waals surface area contributed by atoms with Crippen LogP contribution in [0.1, 0.15) is 29.0 Å². The normalized spacial score (nSPS) is 12.2. The lowest BCUT2D eigenvalue weighted by Gasteiger charge is -2.19. The quantitative estimate of drug-likeness (QED) is 0.437. The minimum Gasteiger partial charge on any atom is -0.492 e. The van der Waals surface area contributed by atoms with Crippen LogP contribution in [-0.4, -0.2) is 47.5 Å². The van der Waals surface area contributed by atoms with E-state index in [1.807, 2.05) is 6.92 Å². The Balaban J connectivity index is 1.84. The second-order valence-corrected chi connectivity index (χ2v) is 7.01. The van der Waals surface area contributed by atoms with Gasteiger partial charge in [0.15, 0.2) is 17.4 Å². The maximum atomic E-state index is 14.2. The Hall–Kier alpha value is -4.00. The first kappa shape index (κ1) is 25.6. The summed E-state index contributed by atoms with van der Waals surface area (Å²) in [4.78, 5) is 35.7. The molecule has 2 heterocycles. The first-order chi connectivity index (χ1) is 16.6. The summed E-state index contributed by atoms with van der Waals surface area (Å²) in [5.41, 5.74) is -0.515. The highest BCUT2D eigenvalue weighted by Crippen LogP contribution is 2.28. The highest BCUT2D eigenvalue weighted by Gasteiger charge is 2.32. The van der Waals surface area contributed by atoms with Crippen LogP contribution >= 0.6 is 0 Å². The second-order valence-electron chi connectivity index (χ2n) is 7.01. The predicted molar refractivity (Wildman–Crippen MR) is 114 cm³/mol. The summed E-state index contributed by atoms with van der Waals surface area (Å²) in [6.07, 6.45) is -3.63. The van der Waals surface area contributed by atoms with Crippen LogP contribution in [0.4, 0.5) is 17.6 Å². The number of aromatic amines is 1. The molecule has 2 aromatic heterocycles. The van der Waals surface area contributed by atoms with Crippen molar-refractivity contribution < 1.29 is 36.6 Å². The van der Waals surface area contributed by atoms with Gasteiger partial charge >= 0.3 is 6.36 Å². The van der Waals surface area contributed by atoms with Crippen LogP contribution < -0.4 is 20.3 Å². The van der Waals surface area contributed by atoms with E-state index < -0.39 is 35.4 Å². The molecule has 2 N–H and O–H groups in total. The number of benzene rings is 1. The number of halogens is 4. The number of aromatic nitrogens is 3. The zero-order valence-electron chi connectivity index (χ0n) is 18.5. The molecule has 3 rings (SSSR count). The van der Waals surface area contributed by atoms with E-state index in [9.17, 15) is 27.2 Å². The van der Waals surface area contributed by atoms with Gasteiger partial charge in [-0.15, -0.1) is 13.2 Å². The molecular formula is C22H20F4N4O5. The molecule has 3 aromatic rings. The van der Waals surface area contributed by atoms with Gasteiger partial charge in [-0.25, -0.2) is 14.4 Å². The number of carbonyl (C=O) groups excluding carboxylic acids is 1. The van der Waals surface area contributed by atoms with Gasteiger partial charge in [-0.05, 0) is 36.8 Å².